The predicted octanol–water partition coefficient (Wildman–Crippen LogP) is 3.52. The lowest BCUT2D eigenvalue weighted by atomic mass is 10.1. The number of aliphatic hydroxyl groups excluding tert-OH is 1. The van der Waals surface area contributed by atoms with Crippen molar-refractivity contribution in [3.05, 3.63) is 84.6 Å². The first-order chi connectivity index (χ1) is 16.5. The van der Waals surface area contributed by atoms with Gasteiger partial charge in [-0.05, 0) is 48.4 Å². The van der Waals surface area contributed by atoms with Crippen LogP contribution in [0.2, 0.25) is 0 Å². The molecule has 2 aromatic heterocycles. The standard InChI is InChI=1S/C26H29N5O3/c27-26(34)23-16-31(18-28-23)22(17-32)12-14-30-13-11-20-9-10-21(15-24(20)30)29-25(33)8-4-7-19-5-2-1-3-6-19/h1-3,5-6,9-11,13,15-16,18,22,32H,4,7-8,12,14,17H2,(H2,27,34)(H,29,33)/t22-/m0/s1. The van der Waals surface area contributed by atoms with Crippen molar-refractivity contribution in [1.82, 2.24) is 14.1 Å². The Labute approximate surface area is 198 Å². The van der Waals surface area contributed by atoms with Crippen LogP contribution in [0.3, 0.4) is 0 Å². The number of benzene rings is 2. The van der Waals surface area contributed by atoms with Crippen LogP contribution in [0.15, 0.2) is 73.3 Å². The summed E-state index contributed by atoms with van der Waals surface area (Å²) in [6, 6.07) is 17.8. The third-order valence-corrected chi connectivity index (χ3v) is 5.96. The van der Waals surface area contributed by atoms with Crippen LogP contribution < -0.4 is 11.1 Å². The van der Waals surface area contributed by atoms with E-state index in [1.807, 2.05) is 48.7 Å². The van der Waals surface area contributed by atoms with E-state index in [1.165, 1.54) is 11.9 Å². The van der Waals surface area contributed by atoms with E-state index in [0.717, 1.165) is 29.4 Å². The zero-order valence-corrected chi connectivity index (χ0v) is 18.9. The molecule has 176 valence electrons. The number of hydrogen-bond donors (Lipinski definition) is 3. The molecule has 2 aromatic carbocycles. The molecule has 0 radical (unpaired) electrons. The smallest absolute Gasteiger partial charge is 0.268 e. The summed E-state index contributed by atoms with van der Waals surface area (Å²) >= 11 is 0. The number of aliphatic hydroxyl groups is 1. The van der Waals surface area contributed by atoms with Crippen molar-refractivity contribution >= 4 is 28.4 Å². The second-order valence-electron chi connectivity index (χ2n) is 8.37. The van der Waals surface area contributed by atoms with Crippen molar-refractivity contribution in [3.8, 4) is 0 Å². The average molecular weight is 460 g/mol. The molecule has 0 aliphatic heterocycles. The minimum absolute atomic E-state index is 0.000838. The van der Waals surface area contributed by atoms with Gasteiger partial charge in [0.25, 0.3) is 5.91 Å². The van der Waals surface area contributed by atoms with Gasteiger partial charge >= 0.3 is 0 Å². The number of hydrogen-bond acceptors (Lipinski definition) is 4. The van der Waals surface area contributed by atoms with Crippen LogP contribution in [0.5, 0.6) is 0 Å². The van der Waals surface area contributed by atoms with Crippen molar-refractivity contribution in [3.63, 3.8) is 0 Å². The number of aryl methyl sites for hydroxylation is 2. The molecule has 0 bridgehead atoms. The van der Waals surface area contributed by atoms with Gasteiger partial charge in [-0.25, -0.2) is 4.98 Å². The molecule has 0 aliphatic rings. The second kappa shape index (κ2) is 10.8. The number of carbonyl (C=O) groups excluding carboxylic acids is 2. The van der Waals surface area contributed by atoms with E-state index >= 15 is 0 Å². The number of rotatable bonds is 11. The molecule has 0 spiro atoms. The van der Waals surface area contributed by atoms with E-state index in [-0.39, 0.29) is 24.2 Å². The fourth-order valence-corrected chi connectivity index (χ4v) is 4.06. The summed E-state index contributed by atoms with van der Waals surface area (Å²) in [4.78, 5) is 27.7. The summed E-state index contributed by atoms with van der Waals surface area (Å²) in [5.74, 6) is -0.597. The number of primary amides is 1. The molecule has 4 aromatic rings. The Hall–Kier alpha value is -3.91. The second-order valence-corrected chi connectivity index (χ2v) is 8.37. The number of aromatic nitrogens is 3. The maximum absolute atomic E-state index is 12.4. The van der Waals surface area contributed by atoms with Crippen LogP contribution in [-0.4, -0.2) is 37.6 Å². The van der Waals surface area contributed by atoms with Gasteiger partial charge in [0, 0.05) is 31.0 Å². The van der Waals surface area contributed by atoms with Crippen molar-refractivity contribution in [2.45, 2.75) is 38.3 Å². The fraction of sp³-hybridized carbons (Fsp3) is 0.269. The summed E-state index contributed by atoms with van der Waals surface area (Å²) in [6.07, 6.45) is 7.83. The number of nitrogens with zero attached hydrogens (tertiary/aromatic N) is 3. The summed E-state index contributed by atoms with van der Waals surface area (Å²) in [5, 5.41) is 13.9. The highest BCUT2D eigenvalue weighted by Gasteiger charge is 2.14. The number of nitrogens with two attached hydrogens (primary N) is 1. The SMILES string of the molecule is NC(=O)c1cn([C@H](CO)CCn2ccc3ccc(NC(=O)CCCc4ccccc4)cc32)cn1. The molecule has 4 N–H and O–H groups in total. The van der Waals surface area contributed by atoms with Gasteiger partial charge < -0.3 is 25.3 Å². The molecule has 1 atom stereocenters. The van der Waals surface area contributed by atoms with Crippen molar-refractivity contribution in [1.29, 1.82) is 0 Å². The molecular weight excluding hydrogens is 430 g/mol. The Morgan fingerprint density at radius 2 is 1.94 bits per heavy atom. The molecule has 8 nitrogen and oxygen atoms in total. The van der Waals surface area contributed by atoms with Crippen molar-refractivity contribution < 1.29 is 14.7 Å². The summed E-state index contributed by atoms with van der Waals surface area (Å²) in [5.41, 5.74) is 8.44. The zero-order chi connectivity index (χ0) is 23.9. The van der Waals surface area contributed by atoms with Gasteiger partial charge in [-0.1, -0.05) is 36.4 Å². The average Bonchev–Trinajstić information content (AvgIpc) is 3.48. The van der Waals surface area contributed by atoms with Crippen LogP contribution in [0.25, 0.3) is 10.9 Å². The minimum atomic E-state index is -0.596. The Morgan fingerprint density at radius 1 is 1.12 bits per heavy atom. The summed E-state index contributed by atoms with van der Waals surface area (Å²) in [7, 11) is 0. The number of amides is 2. The number of nitrogens with one attached hydrogen (secondary N) is 1. The van der Waals surface area contributed by atoms with Gasteiger partial charge in [-0.3, -0.25) is 9.59 Å². The Kier molecular flexibility index (Phi) is 7.39. The van der Waals surface area contributed by atoms with Crippen LogP contribution in [-0.2, 0) is 17.8 Å². The molecule has 0 fully saturated rings. The maximum Gasteiger partial charge on any atom is 0.268 e. The molecule has 34 heavy (non-hydrogen) atoms. The van der Waals surface area contributed by atoms with Gasteiger partial charge in [0.05, 0.1) is 24.5 Å². The Balaban J connectivity index is 1.36. The third-order valence-electron chi connectivity index (χ3n) is 5.96. The highest BCUT2D eigenvalue weighted by atomic mass is 16.3. The first kappa shape index (κ1) is 23.3. The zero-order valence-electron chi connectivity index (χ0n) is 18.9. The summed E-state index contributed by atoms with van der Waals surface area (Å²) in [6.45, 7) is 0.561. The lowest BCUT2D eigenvalue weighted by Gasteiger charge is -2.16. The number of anilines is 1. The lowest BCUT2D eigenvalue weighted by Crippen LogP contribution is -2.15. The lowest BCUT2D eigenvalue weighted by molar-refractivity contribution is -0.116. The van der Waals surface area contributed by atoms with Gasteiger partial charge in [0.2, 0.25) is 5.91 Å². The van der Waals surface area contributed by atoms with E-state index in [1.54, 1.807) is 10.8 Å². The molecular formula is C26H29N5O3. The van der Waals surface area contributed by atoms with E-state index in [9.17, 15) is 14.7 Å². The number of imidazole rings is 1. The molecule has 2 amide bonds. The predicted molar refractivity (Wildman–Crippen MR) is 131 cm³/mol. The highest BCUT2D eigenvalue weighted by molar-refractivity contribution is 5.93. The van der Waals surface area contributed by atoms with Crippen molar-refractivity contribution in [2.24, 2.45) is 5.73 Å². The van der Waals surface area contributed by atoms with E-state index < -0.39 is 5.91 Å². The topological polar surface area (TPSA) is 115 Å². The molecule has 2 heterocycles. The minimum Gasteiger partial charge on any atom is -0.394 e. The molecule has 0 saturated heterocycles. The van der Waals surface area contributed by atoms with Gasteiger partial charge in [-0.2, -0.15) is 0 Å². The quantitative estimate of drug-likeness (QED) is 0.318. The van der Waals surface area contributed by atoms with Crippen LogP contribution in [0.1, 0.15) is 41.4 Å². The number of carbonyl (C=O) groups is 2. The molecule has 0 saturated carbocycles. The van der Waals surface area contributed by atoms with E-state index in [4.69, 9.17) is 5.73 Å². The normalized spacial score (nSPS) is 12.0. The maximum atomic E-state index is 12.4. The fourth-order valence-electron chi connectivity index (χ4n) is 4.06. The van der Waals surface area contributed by atoms with Crippen LogP contribution >= 0.6 is 0 Å². The molecule has 4 rings (SSSR count). The first-order valence-electron chi connectivity index (χ1n) is 11.4. The van der Waals surface area contributed by atoms with E-state index in [0.29, 0.717) is 19.4 Å². The Morgan fingerprint density at radius 3 is 2.68 bits per heavy atom. The Bertz CT molecular complexity index is 1260. The van der Waals surface area contributed by atoms with Gasteiger partial charge in [0.1, 0.15) is 5.69 Å². The van der Waals surface area contributed by atoms with Crippen LogP contribution in [0.4, 0.5) is 5.69 Å². The monoisotopic (exact) mass is 459 g/mol. The van der Waals surface area contributed by atoms with Crippen LogP contribution in [0, 0.1) is 0 Å². The van der Waals surface area contributed by atoms with Gasteiger partial charge in [-0.15, -0.1) is 0 Å². The van der Waals surface area contributed by atoms with Crippen molar-refractivity contribution in [2.75, 3.05) is 11.9 Å². The molecule has 0 aliphatic carbocycles. The summed E-state index contributed by atoms with van der Waals surface area (Å²) < 4.78 is 3.81. The first-order valence-corrected chi connectivity index (χ1v) is 11.4. The van der Waals surface area contributed by atoms with Gasteiger partial charge in [0.15, 0.2) is 0 Å². The molecule has 8 heteroatoms. The third kappa shape index (κ3) is 5.71. The van der Waals surface area contributed by atoms with E-state index in [2.05, 4.69) is 27.0 Å². The largest absolute Gasteiger partial charge is 0.394 e. The highest BCUT2D eigenvalue weighted by Crippen LogP contribution is 2.23. The number of fused-ring (bicyclic) bond motifs is 1. The molecule has 0 unspecified atom stereocenters.